The first-order chi connectivity index (χ1) is 9.40. The normalized spacial score (nSPS) is 10.3. The lowest BCUT2D eigenvalue weighted by Crippen LogP contribution is -2.17. The van der Waals surface area contributed by atoms with Crippen molar-refractivity contribution >= 4 is 40.8 Å². The first-order valence-electron chi connectivity index (χ1n) is 5.55. The summed E-state index contributed by atoms with van der Waals surface area (Å²) < 4.78 is 1.61. The van der Waals surface area contributed by atoms with Crippen LogP contribution in [0.15, 0.2) is 30.5 Å². The number of carbonyl (C=O) groups is 2. The summed E-state index contributed by atoms with van der Waals surface area (Å²) in [4.78, 5) is 23.3. The number of anilines is 1. The lowest BCUT2D eigenvalue weighted by molar-refractivity contribution is 0.0698. The van der Waals surface area contributed by atoms with Crippen LogP contribution in [0.4, 0.5) is 5.69 Å². The van der Waals surface area contributed by atoms with E-state index in [1.165, 1.54) is 12.1 Å². The number of aryl methyl sites for hydroxylation is 1. The molecule has 0 saturated carbocycles. The minimum atomic E-state index is -1.23. The lowest BCUT2D eigenvalue weighted by Gasteiger charge is -2.11. The zero-order valence-corrected chi connectivity index (χ0v) is 11.9. The molecular formula is C13H10Cl2N2O3. The Balaban J connectivity index is 2.41. The molecule has 0 unspecified atom stereocenters. The van der Waals surface area contributed by atoms with Crippen molar-refractivity contribution in [3.63, 3.8) is 0 Å². The van der Waals surface area contributed by atoms with Crippen LogP contribution in [0.2, 0.25) is 10.0 Å². The highest BCUT2D eigenvalue weighted by atomic mass is 35.5. The number of aromatic nitrogens is 1. The van der Waals surface area contributed by atoms with E-state index in [9.17, 15) is 9.59 Å². The Morgan fingerprint density at radius 1 is 1.30 bits per heavy atom. The maximum atomic E-state index is 12.1. The summed E-state index contributed by atoms with van der Waals surface area (Å²) in [5.74, 6) is -1.68. The van der Waals surface area contributed by atoms with Gasteiger partial charge < -0.3 is 15.0 Å². The fourth-order valence-electron chi connectivity index (χ4n) is 1.74. The van der Waals surface area contributed by atoms with E-state index in [0.717, 1.165) is 0 Å². The van der Waals surface area contributed by atoms with Crippen molar-refractivity contribution in [1.82, 2.24) is 4.57 Å². The molecule has 2 N–H and O–H groups in total. The first-order valence-corrected chi connectivity index (χ1v) is 6.30. The number of rotatable bonds is 3. The maximum Gasteiger partial charge on any atom is 0.337 e. The summed E-state index contributed by atoms with van der Waals surface area (Å²) >= 11 is 11.7. The SMILES string of the molecule is Cn1cccc1C(=O)Nc1c(Cl)cc(Cl)cc1C(=O)O. The Hall–Kier alpha value is -1.98. The highest BCUT2D eigenvalue weighted by Gasteiger charge is 2.18. The molecule has 0 atom stereocenters. The second-order valence-corrected chi connectivity index (χ2v) is 4.92. The van der Waals surface area contributed by atoms with Crippen LogP contribution in [-0.2, 0) is 7.05 Å². The van der Waals surface area contributed by atoms with Crippen molar-refractivity contribution in [3.8, 4) is 0 Å². The average Bonchev–Trinajstić information content (AvgIpc) is 2.78. The standard InChI is InChI=1S/C13H10Cl2N2O3/c1-17-4-2-3-10(17)12(18)16-11-8(13(19)20)5-7(14)6-9(11)15/h2-6H,1H3,(H,16,18)(H,19,20). The van der Waals surface area contributed by atoms with Gasteiger partial charge in [0.1, 0.15) is 5.69 Å². The smallest absolute Gasteiger partial charge is 0.337 e. The van der Waals surface area contributed by atoms with E-state index < -0.39 is 11.9 Å². The molecule has 0 bridgehead atoms. The highest BCUT2D eigenvalue weighted by Crippen LogP contribution is 2.30. The zero-order chi connectivity index (χ0) is 14.9. The molecule has 0 saturated heterocycles. The highest BCUT2D eigenvalue weighted by molar-refractivity contribution is 6.38. The van der Waals surface area contributed by atoms with E-state index >= 15 is 0 Å². The Morgan fingerprint density at radius 3 is 2.55 bits per heavy atom. The summed E-state index contributed by atoms with van der Waals surface area (Å²) in [5, 5.41) is 11.9. The van der Waals surface area contributed by atoms with Crippen LogP contribution in [0, 0.1) is 0 Å². The van der Waals surface area contributed by atoms with Gasteiger partial charge in [0.2, 0.25) is 0 Å². The number of carboxylic acid groups (broad SMARTS) is 1. The molecule has 1 aromatic carbocycles. The summed E-state index contributed by atoms with van der Waals surface area (Å²) in [7, 11) is 1.70. The van der Waals surface area contributed by atoms with Gasteiger partial charge in [0.15, 0.2) is 0 Å². The Morgan fingerprint density at radius 2 is 2.00 bits per heavy atom. The second-order valence-electron chi connectivity index (χ2n) is 4.07. The molecule has 2 aromatic rings. The van der Waals surface area contributed by atoms with E-state index in [1.807, 2.05) is 0 Å². The molecule has 0 aliphatic heterocycles. The molecule has 0 radical (unpaired) electrons. The number of amides is 1. The van der Waals surface area contributed by atoms with Gasteiger partial charge in [-0.1, -0.05) is 23.2 Å². The molecule has 1 amide bonds. The van der Waals surface area contributed by atoms with E-state index in [4.69, 9.17) is 28.3 Å². The van der Waals surface area contributed by atoms with E-state index in [1.54, 1.807) is 29.9 Å². The first kappa shape index (κ1) is 14.4. The van der Waals surface area contributed by atoms with Crippen LogP contribution in [0.1, 0.15) is 20.8 Å². The van der Waals surface area contributed by atoms with Gasteiger partial charge in [0.25, 0.3) is 5.91 Å². The van der Waals surface area contributed by atoms with Crippen molar-refractivity contribution in [2.24, 2.45) is 7.05 Å². The molecule has 1 heterocycles. The third-order valence-corrected chi connectivity index (χ3v) is 3.22. The topological polar surface area (TPSA) is 71.3 Å². The number of benzene rings is 1. The van der Waals surface area contributed by atoms with E-state index in [-0.39, 0.29) is 21.3 Å². The Bertz CT molecular complexity index is 695. The predicted octanol–water partition coefficient (Wildman–Crippen LogP) is 3.28. The van der Waals surface area contributed by atoms with Gasteiger partial charge in [-0.15, -0.1) is 0 Å². The Labute approximate surface area is 124 Å². The number of hydrogen-bond acceptors (Lipinski definition) is 2. The molecule has 104 valence electrons. The molecule has 1 aromatic heterocycles. The maximum absolute atomic E-state index is 12.1. The van der Waals surface area contributed by atoms with Crippen LogP contribution >= 0.6 is 23.2 Å². The summed E-state index contributed by atoms with van der Waals surface area (Å²) in [6.07, 6.45) is 1.70. The fraction of sp³-hybridized carbons (Fsp3) is 0.0769. The number of halogens is 2. The predicted molar refractivity (Wildman–Crippen MR) is 76.8 cm³/mol. The molecule has 0 aliphatic rings. The molecular weight excluding hydrogens is 303 g/mol. The number of nitrogens with one attached hydrogen (secondary N) is 1. The quantitative estimate of drug-likeness (QED) is 0.913. The molecule has 0 aliphatic carbocycles. The average molecular weight is 313 g/mol. The summed E-state index contributed by atoms with van der Waals surface area (Å²) in [6, 6.07) is 5.92. The number of aromatic carboxylic acids is 1. The van der Waals surface area contributed by atoms with Crippen LogP contribution in [0.25, 0.3) is 0 Å². The molecule has 2 rings (SSSR count). The molecule has 0 fully saturated rings. The minimum absolute atomic E-state index is 0.0229. The lowest BCUT2D eigenvalue weighted by atomic mass is 10.1. The third kappa shape index (κ3) is 2.79. The number of nitrogens with zero attached hydrogens (tertiary/aromatic N) is 1. The van der Waals surface area contributed by atoms with Crippen LogP contribution in [-0.4, -0.2) is 21.6 Å². The minimum Gasteiger partial charge on any atom is -0.478 e. The molecule has 5 nitrogen and oxygen atoms in total. The number of hydrogen-bond donors (Lipinski definition) is 2. The van der Waals surface area contributed by atoms with Gasteiger partial charge in [-0.05, 0) is 24.3 Å². The van der Waals surface area contributed by atoms with Gasteiger partial charge >= 0.3 is 5.97 Å². The van der Waals surface area contributed by atoms with Crippen LogP contribution in [0.5, 0.6) is 0 Å². The largest absolute Gasteiger partial charge is 0.478 e. The van der Waals surface area contributed by atoms with Gasteiger partial charge in [0, 0.05) is 18.3 Å². The van der Waals surface area contributed by atoms with Gasteiger partial charge in [0.05, 0.1) is 16.3 Å². The monoisotopic (exact) mass is 312 g/mol. The van der Waals surface area contributed by atoms with Crippen molar-refractivity contribution in [3.05, 3.63) is 51.8 Å². The molecule has 0 spiro atoms. The van der Waals surface area contributed by atoms with Crippen LogP contribution in [0.3, 0.4) is 0 Å². The number of carboxylic acids is 1. The van der Waals surface area contributed by atoms with Crippen molar-refractivity contribution in [1.29, 1.82) is 0 Å². The van der Waals surface area contributed by atoms with Crippen molar-refractivity contribution in [2.75, 3.05) is 5.32 Å². The summed E-state index contributed by atoms with van der Waals surface area (Å²) in [6.45, 7) is 0. The molecule has 20 heavy (non-hydrogen) atoms. The zero-order valence-electron chi connectivity index (χ0n) is 10.4. The van der Waals surface area contributed by atoms with Gasteiger partial charge in [-0.25, -0.2) is 4.79 Å². The Kier molecular flexibility index (Phi) is 4.01. The van der Waals surface area contributed by atoms with Crippen LogP contribution < -0.4 is 5.32 Å². The summed E-state index contributed by atoms with van der Waals surface area (Å²) in [5.41, 5.74) is 0.243. The van der Waals surface area contributed by atoms with Crippen molar-refractivity contribution in [2.45, 2.75) is 0 Å². The third-order valence-electron chi connectivity index (χ3n) is 2.70. The van der Waals surface area contributed by atoms with Gasteiger partial charge in [-0.3, -0.25) is 4.79 Å². The fourth-order valence-corrected chi connectivity index (χ4v) is 2.28. The van der Waals surface area contributed by atoms with E-state index in [0.29, 0.717) is 5.69 Å². The van der Waals surface area contributed by atoms with E-state index in [2.05, 4.69) is 5.32 Å². The van der Waals surface area contributed by atoms with Crippen molar-refractivity contribution < 1.29 is 14.7 Å². The molecule has 7 heteroatoms. The number of carbonyl (C=O) groups excluding carboxylic acids is 1. The van der Waals surface area contributed by atoms with Gasteiger partial charge in [-0.2, -0.15) is 0 Å². The second kappa shape index (κ2) is 5.56.